The maximum Gasteiger partial charge on any atom is 0.276 e. The number of aliphatic hydroxyl groups excluding tert-OH is 2. The first kappa shape index (κ1) is 16.8. The average molecular weight is 327 g/mol. The summed E-state index contributed by atoms with van der Waals surface area (Å²) in [5.74, 6) is 0.772. The molecule has 2 aromatic rings. The summed E-state index contributed by atoms with van der Waals surface area (Å²) in [6.45, 7) is 0.778. The molecular formula is C13H21N5O3S. The van der Waals surface area contributed by atoms with Gasteiger partial charge in [0.25, 0.3) is 5.56 Å². The van der Waals surface area contributed by atoms with Crippen LogP contribution >= 0.6 is 11.8 Å². The summed E-state index contributed by atoms with van der Waals surface area (Å²) in [5, 5.41) is 22.1. The fraction of sp³-hybridized carbons (Fsp3) is 0.538. The molecule has 0 bridgehead atoms. The van der Waals surface area contributed by atoms with Crippen molar-refractivity contribution in [2.45, 2.75) is 12.6 Å². The van der Waals surface area contributed by atoms with E-state index < -0.39 is 6.10 Å². The van der Waals surface area contributed by atoms with E-state index in [2.05, 4.69) is 20.3 Å². The molecule has 22 heavy (non-hydrogen) atoms. The lowest BCUT2D eigenvalue weighted by molar-refractivity contribution is 0.0549. The fourth-order valence-corrected chi connectivity index (χ4v) is 3.05. The van der Waals surface area contributed by atoms with Crippen molar-refractivity contribution in [3.05, 3.63) is 22.1 Å². The van der Waals surface area contributed by atoms with Crippen LogP contribution in [0, 0.1) is 5.92 Å². The molecule has 2 atom stereocenters. The number of H-pyrrole nitrogens is 2. The molecule has 2 rings (SSSR count). The molecule has 0 radical (unpaired) electrons. The van der Waals surface area contributed by atoms with Crippen LogP contribution < -0.4 is 16.6 Å². The number of aromatic nitrogens is 3. The molecule has 0 aliphatic rings. The summed E-state index contributed by atoms with van der Waals surface area (Å²) in [4.78, 5) is 21.2. The monoisotopic (exact) mass is 327 g/mol. The van der Waals surface area contributed by atoms with Gasteiger partial charge in [-0.05, 0) is 12.0 Å². The Bertz CT molecular complexity index is 671. The summed E-state index contributed by atoms with van der Waals surface area (Å²) >= 11 is 1.62. The fourth-order valence-electron chi connectivity index (χ4n) is 2.28. The first-order chi connectivity index (χ1) is 10.6. The van der Waals surface area contributed by atoms with Gasteiger partial charge < -0.3 is 26.2 Å². The molecule has 0 aliphatic heterocycles. The largest absolute Gasteiger partial charge is 0.394 e. The molecule has 0 fully saturated rings. The predicted molar refractivity (Wildman–Crippen MR) is 87.8 cm³/mol. The van der Waals surface area contributed by atoms with Crippen LogP contribution in [0.1, 0.15) is 5.56 Å². The van der Waals surface area contributed by atoms with E-state index >= 15 is 0 Å². The molecule has 0 spiro atoms. The molecule has 0 saturated heterocycles. The van der Waals surface area contributed by atoms with Gasteiger partial charge in [0.05, 0.1) is 12.7 Å². The number of aliphatic hydroxyl groups is 2. The lowest BCUT2D eigenvalue weighted by Crippen LogP contribution is -2.35. The van der Waals surface area contributed by atoms with Gasteiger partial charge in [0, 0.05) is 30.8 Å². The third-order valence-electron chi connectivity index (χ3n) is 3.47. The number of thioether (sulfide) groups is 1. The minimum Gasteiger partial charge on any atom is -0.394 e. The van der Waals surface area contributed by atoms with Crippen molar-refractivity contribution < 1.29 is 10.2 Å². The van der Waals surface area contributed by atoms with Gasteiger partial charge in [-0.1, -0.05) is 0 Å². The molecule has 7 N–H and O–H groups in total. The predicted octanol–water partition coefficient (Wildman–Crippen LogP) is -0.745. The summed E-state index contributed by atoms with van der Waals surface area (Å²) in [6.07, 6.45) is 2.92. The topological polar surface area (TPSA) is 140 Å². The third-order valence-corrected chi connectivity index (χ3v) is 4.23. The Kier molecular flexibility index (Phi) is 5.83. The SMILES string of the molecule is CSC[C@H](CNCc1c[nH]c2c(=O)[nH]c(N)nc12)[C@@H](O)CO. The second-order valence-corrected chi connectivity index (χ2v) is 6.00. The van der Waals surface area contributed by atoms with Crippen LogP contribution in [0.15, 0.2) is 11.0 Å². The lowest BCUT2D eigenvalue weighted by Gasteiger charge is -2.20. The maximum absolute atomic E-state index is 11.7. The van der Waals surface area contributed by atoms with Crippen LogP contribution in [0.4, 0.5) is 5.95 Å². The van der Waals surface area contributed by atoms with Crippen molar-refractivity contribution >= 4 is 28.7 Å². The minimum absolute atomic E-state index is 0.0494. The first-order valence-electron chi connectivity index (χ1n) is 6.91. The number of hydrogen-bond donors (Lipinski definition) is 6. The number of anilines is 1. The number of nitrogens with one attached hydrogen (secondary N) is 3. The number of aromatic amines is 2. The van der Waals surface area contributed by atoms with E-state index in [1.54, 1.807) is 18.0 Å². The summed E-state index contributed by atoms with van der Waals surface area (Å²) in [6, 6.07) is 0. The van der Waals surface area contributed by atoms with Gasteiger partial charge in [-0.25, -0.2) is 4.98 Å². The van der Waals surface area contributed by atoms with Crippen LogP contribution in [0.2, 0.25) is 0 Å². The Morgan fingerprint density at radius 1 is 1.55 bits per heavy atom. The van der Waals surface area contributed by atoms with Crippen molar-refractivity contribution in [3.63, 3.8) is 0 Å². The maximum atomic E-state index is 11.7. The highest BCUT2D eigenvalue weighted by Crippen LogP contribution is 2.14. The van der Waals surface area contributed by atoms with Crippen LogP contribution in [-0.4, -0.2) is 56.4 Å². The van der Waals surface area contributed by atoms with Crippen LogP contribution in [-0.2, 0) is 6.54 Å². The summed E-state index contributed by atoms with van der Waals surface area (Å²) < 4.78 is 0. The number of fused-ring (bicyclic) bond motifs is 1. The number of rotatable bonds is 8. The van der Waals surface area contributed by atoms with Gasteiger partial charge in [-0.3, -0.25) is 9.78 Å². The van der Waals surface area contributed by atoms with Gasteiger partial charge in [0.15, 0.2) is 0 Å². The Balaban J connectivity index is 2.04. The second-order valence-electron chi connectivity index (χ2n) is 5.08. The molecule has 2 aromatic heterocycles. The highest BCUT2D eigenvalue weighted by Gasteiger charge is 2.18. The number of nitrogens with zero attached hydrogens (tertiary/aromatic N) is 1. The van der Waals surface area contributed by atoms with Crippen LogP contribution in [0.3, 0.4) is 0 Å². The zero-order valence-corrected chi connectivity index (χ0v) is 13.1. The van der Waals surface area contributed by atoms with Crippen molar-refractivity contribution in [1.82, 2.24) is 20.3 Å². The Labute approximate surface area is 131 Å². The van der Waals surface area contributed by atoms with E-state index in [9.17, 15) is 9.90 Å². The van der Waals surface area contributed by atoms with E-state index in [0.717, 1.165) is 11.3 Å². The van der Waals surface area contributed by atoms with Gasteiger partial charge in [-0.15, -0.1) is 0 Å². The zero-order valence-electron chi connectivity index (χ0n) is 12.3. The molecule has 9 heteroatoms. The van der Waals surface area contributed by atoms with Gasteiger partial charge in [0.1, 0.15) is 11.0 Å². The van der Waals surface area contributed by atoms with E-state index in [0.29, 0.717) is 24.1 Å². The van der Waals surface area contributed by atoms with E-state index in [4.69, 9.17) is 10.8 Å². The number of hydrogen-bond acceptors (Lipinski definition) is 7. The Morgan fingerprint density at radius 2 is 2.32 bits per heavy atom. The molecule has 2 heterocycles. The van der Waals surface area contributed by atoms with Crippen molar-refractivity contribution in [2.75, 3.05) is 30.9 Å². The molecule has 8 nitrogen and oxygen atoms in total. The van der Waals surface area contributed by atoms with Gasteiger partial charge in [0.2, 0.25) is 5.95 Å². The summed E-state index contributed by atoms with van der Waals surface area (Å²) in [5.41, 5.74) is 7.02. The van der Waals surface area contributed by atoms with Crippen LogP contribution in [0.25, 0.3) is 11.0 Å². The molecule has 0 aromatic carbocycles. The lowest BCUT2D eigenvalue weighted by atomic mass is 10.1. The Morgan fingerprint density at radius 3 is 3.00 bits per heavy atom. The molecular weight excluding hydrogens is 306 g/mol. The van der Waals surface area contributed by atoms with Crippen molar-refractivity contribution in [2.24, 2.45) is 5.92 Å². The van der Waals surface area contributed by atoms with E-state index in [1.807, 2.05) is 6.26 Å². The number of nitrogens with two attached hydrogens (primary N) is 1. The standard InChI is InChI=1S/C13H21N5O3S/c1-22-6-8(9(20)5-19)3-15-2-7-4-16-11-10(7)17-13(14)18-12(11)21/h4,8-9,15-16,19-20H,2-3,5-6H2,1H3,(H3,14,17,18,21)/t8-,9-/m0/s1. The minimum atomic E-state index is -0.750. The highest BCUT2D eigenvalue weighted by molar-refractivity contribution is 7.98. The summed E-state index contributed by atoms with van der Waals surface area (Å²) in [7, 11) is 0. The molecule has 0 unspecified atom stereocenters. The number of nitrogen functional groups attached to an aromatic ring is 1. The van der Waals surface area contributed by atoms with E-state index in [1.165, 1.54) is 0 Å². The van der Waals surface area contributed by atoms with Crippen LogP contribution in [0.5, 0.6) is 0 Å². The first-order valence-corrected chi connectivity index (χ1v) is 8.30. The highest BCUT2D eigenvalue weighted by atomic mass is 32.2. The quantitative estimate of drug-likeness (QED) is 0.375. The van der Waals surface area contributed by atoms with E-state index in [-0.39, 0.29) is 24.0 Å². The smallest absolute Gasteiger partial charge is 0.276 e. The average Bonchev–Trinajstić information content (AvgIpc) is 2.89. The normalized spacial score (nSPS) is 14.3. The second kappa shape index (κ2) is 7.63. The molecule has 0 aliphatic carbocycles. The van der Waals surface area contributed by atoms with Gasteiger partial charge >= 0.3 is 0 Å². The zero-order chi connectivity index (χ0) is 16.1. The third kappa shape index (κ3) is 3.80. The van der Waals surface area contributed by atoms with Crippen molar-refractivity contribution in [3.8, 4) is 0 Å². The molecule has 0 saturated carbocycles. The molecule has 0 amide bonds. The molecule has 122 valence electrons. The Hall–Kier alpha value is -1.55. The van der Waals surface area contributed by atoms with Gasteiger partial charge in [-0.2, -0.15) is 11.8 Å². The van der Waals surface area contributed by atoms with Crippen molar-refractivity contribution in [1.29, 1.82) is 0 Å².